The minimum atomic E-state index is -1.70. The highest BCUT2D eigenvalue weighted by Crippen LogP contribution is 2.43. The first kappa shape index (κ1) is 22.7. The second-order valence-corrected chi connectivity index (χ2v) is 8.71. The maximum absolute atomic E-state index is 14.7. The fraction of sp³-hybridized carbons (Fsp3) is 0.385. The Morgan fingerprint density at radius 1 is 0.688 bits per heavy atom. The molecule has 0 spiro atoms. The Bertz CT molecular complexity index is 1120. The molecule has 3 aromatic carbocycles. The lowest BCUT2D eigenvalue weighted by Gasteiger charge is -2.30. The highest BCUT2D eigenvalue weighted by Gasteiger charge is 2.29. The van der Waals surface area contributed by atoms with Crippen LogP contribution in [0.1, 0.15) is 74.0 Å². The van der Waals surface area contributed by atoms with E-state index in [9.17, 15) is 26.3 Å². The summed E-state index contributed by atoms with van der Waals surface area (Å²) in [5.41, 5.74) is 1.31. The molecule has 0 aliphatic heterocycles. The normalized spacial score (nSPS) is 19.0. The average molecular weight is 450 g/mol. The minimum absolute atomic E-state index is 0.0433. The van der Waals surface area contributed by atoms with Crippen LogP contribution in [-0.4, -0.2) is 0 Å². The summed E-state index contributed by atoms with van der Waals surface area (Å²) in [4.78, 5) is 0. The number of benzene rings is 3. The second-order valence-electron chi connectivity index (χ2n) is 8.71. The van der Waals surface area contributed by atoms with Crippen molar-refractivity contribution in [3.05, 3.63) is 81.9 Å². The van der Waals surface area contributed by atoms with E-state index in [1.165, 1.54) is 18.2 Å². The molecule has 0 saturated heterocycles. The minimum Gasteiger partial charge on any atom is -0.207 e. The third-order valence-corrected chi connectivity index (χ3v) is 6.61. The fourth-order valence-corrected chi connectivity index (χ4v) is 4.91. The molecule has 0 radical (unpaired) electrons. The van der Waals surface area contributed by atoms with Crippen molar-refractivity contribution in [2.45, 2.75) is 63.7 Å². The Balaban J connectivity index is 1.54. The van der Waals surface area contributed by atoms with E-state index in [1.54, 1.807) is 0 Å². The van der Waals surface area contributed by atoms with Gasteiger partial charge in [0.05, 0.1) is 5.39 Å². The van der Waals surface area contributed by atoms with Gasteiger partial charge in [0.1, 0.15) is 17.5 Å². The summed E-state index contributed by atoms with van der Waals surface area (Å²) < 4.78 is 85.0. The van der Waals surface area contributed by atoms with Crippen molar-refractivity contribution in [3.8, 4) is 0 Å². The Kier molecular flexibility index (Phi) is 6.50. The van der Waals surface area contributed by atoms with Gasteiger partial charge in [-0.3, -0.25) is 0 Å². The highest BCUT2D eigenvalue weighted by molar-refractivity contribution is 5.84. The first-order valence-corrected chi connectivity index (χ1v) is 11.0. The van der Waals surface area contributed by atoms with Gasteiger partial charge in [-0.05, 0) is 91.1 Å². The molecule has 0 aromatic heterocycles. The van der Waals surface area contributed by atoms with Crippen molar-refractivity contribution in [3.63, 3.8) is 0 Å². The molecule has 6 heteroatoms. The zero-order valence-corrected chi connectivity index (χ0v) is 17.8. The molecule has 0 nitrogen and oxygen atoms in total. The van der Waals surface area contributed by atoms with Crippen LogP contribution in [0.3, 0.4) is 0 Å². The van der Waals surface area contributed by atoms with Crippen LogP contribution in [-0.2, 0) is 6.42 Å². The predicted molar refractivity (Wildman–Crippen MR) is 113 cm³/mol. The maximum Gasteiger partial charge on any atom is 0.195 e. The Morgan fingerprint density at radius 2 is 1.31 bits per heavy atom. The van der Waals surface area contributed by atoms with Crippen molar-refractivity contribution >= 4 is 10.8 Å². The van der Waals surface area contributed by atoms with Gasteiger partial charge < -0.3 is 0 Å². The maximum atomic E-state index is 14.7. The predicted octanol–water partition coefficient (Wildman–Crippen LogP) is 8.46. The molecule has 1 aliphatic rings. The Labute approximate surface area is 183 Å². The summed E-state index contributed by atoms with van der Waals surface area (Å²) in [5, 5.41) is -0.619. The smallest absolute Gasteiger partial charge is 0.195 e. The van der Waals surface area contributed by atoms with Crippen molar-refractivity contribution in [1.29, 1.82) is 0 Å². The molecule has 1 fully saturated rings. The molecule has 170 valence electrons. The molecule has 3 aromatic rings. The van der Waals surface area contributed by atoms with Crippen molar-refractivity contribution in [1.82, 2.24) is 0 Å². The average Bonchev–Trinajstić information content (AvgIpc) is 2.75. The summed E-state index contributed by atoms with van der Waals surface area (Å²) in [6, 6.07) is 6.25. The quantitative estimate of drug-likeness (QED) is 0.270. The lowest BCUT2D eigenvalue weighted by molar-refractivity contribution is 0.376. The molecule has 0 heterocycles. The molecular weight excluding hydrogens is 426 g/mol. The van der Waals surface area contributed by atoms with Gasteiger partial charge in [-0.25, -0.2) is 26.3 Å². The van der Waals surface area contributed by atoms with Crippen LogP contribution in [0, 0.1) is 34.9 Å². The van der Waals surface area contributed by atoms with Crippen LogP contribution in [0.2, 0.25) is 0 Å². The van der Waals surface area contributed by atoms with Crippen molar-refractivity contribution < 1.29 is 26.3 Å². The fourth-order valence-electron chi connectivity index (χ4n) is 4.91. The topological polar surface area (TPSA) is 0 Å². The van der Waals surface area contributed by atoms with Crippen molar-refractivity contribution in [2.75, 3.05) is 0 Å². The van der Waals surface area contributed by atoms with Crippen LogP contribution in [0.5, 0.6) is 0 Å². The third kappa shape index (κ3) is 4.24. The number of rotatable bonds is 5. The first-order chi connectivity index (χ1) is 15.3. The van der Waals surface area contributed by atoms with Crippen LogP contribution in [0.15, 0.2) is 30.3 Å². The largest absolute Gasteiger partial charge is 0.207 e. The van der Waals surface area contributed by atoms with E-state index < -0.39 is 40.3 Å². The molecule has 0 amide bonds. The molecule has 1 saturated carbocycles. The van der Waals surface area contributed by atoms with E-state index in [0.29, 0.717) is 43.2 Å². The molecule has 0 unspecified atom stereocenters. The first-order valence-electron chi connectivity index (χ1n) is 11.0. The van der Waals surface area contributed by atoms with Gasteiger partial charge >= 0.3 is 0 Å². The number of aryl methyl sites for hydroxylation is 1. The standard InChI is InChI=1S/C26H24F6/c1-2-3-4-14-9-19(27)23(20(28)10-14)16-7-5-15(6-8-16)17-11-18-13-22(30)25(31)26(32)24(18)21(29)12-17/h9-13,15-16H,2-8H2,1H3. The van der Waals surface area contributed by atoms with Gasteiger partial charge in [0.2, 0.25) is 0 Å². The number of hydrogen-bond donors (Lipinski definition) is 0. The van der Waals surface area contributed by atoms with Gasteiger partial charge in [0.25, 0.3) is 0 Å². The summed E-state index contributed by atoms with van der Waals surface area (Å²) >= 11 is 0. The van der Waals surface area contributed by atoms with E-state index in [0.717, 1.165) is 25.0 Å². The van der Waals surface area contributed by atoms with E-state index in [1.807, 2.05) is 6.92 Å². The zero-order chi connectivity index (χ0) is 23.0. The molecule has 1 aliphatic carbocycles. The van der Waals surface area contributed by atoms with Gasteiger partial charge in [0.15, 0.2) is 17.5 Å². The van der Waals surface area contributed by atoms with Crippen LogP contribution in [0.25, 0.3) is 10.8 Å². The summed E-state index contributed by atoms with van der Waals surface area (Å²) in [5.74, 6) is -7.00. The SMILES string of the molecule is CCCCc1cc(F)c(C2CCC(c3cc(F)c4c(F)c(F)c(F)cc4c3)CC2)c(F)c1. The molecule has 4 rings (SSSR count). The van der Waals surface area contributed by atoms with E-state index in [2.05, 4.69) is 0 Å². The lowest BCUT2D eigenvalue weighted by Crippen LogP contribution is -2.15. The number of fused-ring (bicyclic) bond motifs is 1. The van der Waals surface area contributed by atoms with Gasteiger partial charge in [-0.1, -0.05) is 19.4 Å². The van der Waals surface area contributed by atoms with Crippen LogP contribution in [0.4, 0.5) is 26.3 Å². The molecule has 0 atom stereocenters. The van der Waals surface area contributed by atoms with E-state index in [4.69, 9.17) is 0 Å². The molecule has 0 bridgehead atoms. The second kappa shape index (κ2) is 9.16. The zero-order valence-electron chi connectivity index (χ0n) is 17.8. The lowest BCUT2D eigenvalue weighted by atomic mass is 9.75. The van der Waals surface area contributed by atoms with Crippen LogP contribution >= 0.6 is 0 Å². The van der Waals surface area contributed by atoms with E-state index in [-0.39, 0.29) is 22.8 Å². The summed E-state index contributed by atoms with van der Waals surface area (Å²) in [6.45, 7) is 2.02. The van der Waals surface area contributed by atoms with Gasteiger partial charge in [-0.2, -0.15) is 0 Å². The van der Waals surface area contributed by atoms with E-state index >= 15 is 0 Å². The van der Waals surface area contributed by atoms with Gasteiger partial charge in [-0.15, -0.1) is 0 Å². The summed E-state index contributed by atoms with van der Waals surface area (Å²) in [7, 11) is 0. The highest BCUT2D eigenvalue weighted by atomic mass is 19.2. The summed E-state index contributed by atoms with van der Waals surface area (Å²) in [6.07, 6.45) is 4.58. The van der Waals surface area contributed by atoms with Gasteiger partial charge in [0, 0.05) is 5.56 Å². The molecular formula is C26H24F6. The molecule has 0 N–H and O–H groups in total. The number of unbranched alkanes of at least 4 members (excludes halogenated alkanes) is 1. The monoisotopic (exact) mass is 450 g/mol. The Hall–Kier alpha value is -2.50. The van der Waals surface area contributed by atoms with Crippen molar-refractivity contribution in [2.24, 2.45) is 0 Å². The Morgan fingerprint density at radius 3 is 1.94 bits per heavy atom. The van der Waals surface area contributed by atoms with Crippen LogP contribution < -0.4 is 0 Å². The number of halogens is 6. The molecule has 32 heavy (non-hydrogen) atoms. The third-order valence-electron chi connectivity index (χ3n) is 6.61. The number of hydrogen-bond acceptors (Lipinski definition) is 0.